The van der Waals surface area contributed by atoms with Gasteiger partial charge < -0.3 is 29.2 Å². The van der Waals surface area contributed by atoms with Crippen molar-refractivity contribution in [1.82, 2.24) is 0 Å². The number of hydrogen-bond donors (Lipinski definition) is 2. The van der Waals surface area contributed by atoms with Crippen molar-refractivity contribution < 1.29 is 29.2 Å². The van der Waals surface area contributed by atoms with Crippen LogP contribution in [0.2, 0.25) is 0 Å². The van der Waals surface area contributed by atoms with Crippen molar-refractivity contribution in [3.63, 3.8) is 0 Å². The third-order valence-electron chi connectivity index (χ3n) is 6.06. The Bertz CT molecular complexity index is 1160. The van der Waals surface area contributed by atoms with E-state index in [2.05, 4.69) is 13.8 Å². The van der Waals surface area contributed by atoms with Crippen molar-refractivity contribution in [2.75, 3.05) is 39.6 Å². The highest BCUT2D eigenvalue weighted by Gasteiger charge is 2.20. The van der Waals surface area contributed by atoms with E-state index in [-0.39, 0.29) is 31.8 Å². The molecule has 0 aliphatic carbocycles. The van der Waals surface area contributed by atoms with E-state index in [9.17, 15) is 0 Å². The van der Waals surface area contributed by atoms with E-state index in [4.69, 9.17) is 29.2 Å². The van der Waals surface area contributed by atoms with E-state index >= 15 is 0 Å². The molecule has 6 nitrogen and oxygen atoms in total. The van der Waals surface area contributed by atoms with Crippen molar-refractivity contribution in [2.45, 2.75) is 13.8 Å². The lowest BCUT2D eigenvalue weighted by atomic mass is 9.96. The molecular weight excluding hydrogens is 492 g/mol. The lowest BCUT2D eigenvalue weighted by molar-refractivity contribution is 0.110. The highest BCUT2D eigenvalue weighted by molar-refractivity contribution is 5.65. The first-order chi connectivity index (χ1) is 19.0. The molecule has 0 spiro atoms. The average Bonchev–Trinajstić information content (AvgIpc) is 2.98. The Morgan fingerprint density at radius 3 is 0.949 bits per heavy atom. The molecule has 6 heteroatoms. The third-order valence-corrected chi connectivity index (χ3v) is 6.06. The van der Waals surface area contributed by atoms with Gasteiger partial charge in [0, 0.05) is 5.41 Å². The van der Waals surface area contributed by atoms with Crippen molar-refractivity contribution in [1.29, 1.82) is 0 Å². The van der Waals surface area contributed by atoms with Crippen molar-refractivity contribution in [2.24, 2.45) is 5.41 Å². The zero-order valence-electron chi connectivity index (χ0n) is 22.5. The summed E-state index contributed by atoms with van der Waals surface area (Å²) in [5.74, 6) is 3.10. The van der Waals surface area contributed by atoms with Gasteiger partial charge in [-0.15, -0.1) is 0 Å². The molecule has 0 aliphatic heterocycles. The lowest BCUT2D eigenvalue weighted by Gasteiger charge is -2.25. The quantitative estimate of drug-likeness (QED) is 0.202. The summed E-state index contributed by atoms with van der Waals surface area (Å²) in [4.78, 5) is 0. The van der Waals surface area contributed by atoms with Gasteiger partial charge in [-0.05, 0) is 70.8 Å². The number of aliphatic hydroxyl groups excluding tert-OH is 2. The average molecular weight is 529 g/mol. The van der Waals surface area contributed by atoms with Gasteiger partial charge in [0.1, 0.15) is 36.2 Å². The summed E-state index contributed by atoms with van der Waals surface area (Å²) < 4.78 is 23.0. The SMILES string of the molecule is CC(C)(COc1ccc(-c2ccc(OCCO)cc2)cc1)COc1ccc(-c2ccc(OCCO)cc2)cc1. The summed E-state index contributed by atoms with van der Waals surface area (Å²) >= 11 is 0. The fraction of sp³-hybridized carbons (Fsp3) is 0.273. The molecule has 204 valence electrons. The van der Waals surface area contributed by atoms with Crippen LogP contribution in [0.5, 0.6) is 23.0 Å². The zero-order valence-corrected chi connectivity index (χ0v) is 22.5. The number of rotatable bonds is 14. The molecular formula is C33H36O6. The Morgan fingerprint density at radius 1 is 0.436 bits per heavy atom. The maximum atomic E-state index is 8.88. The summed E-state index contributed by atoms with van der Waals surface area (Å²) in [6.45, 7) is 5.86. The fourth-order valence-corrected chi connectivity index (χ4v) is 3.90. The van der Waals surface area contributed by atoms with Crippen LogP contribution in [0.1, 0.15) is 13.8 Å². The highest BCUT2D eigenvalue weighted by Crippen LogP contribution is 2.28. The highest BCUT2D eigenvalue weighted by atomic mass is 16.5. The molecule has 0 radical (unpaired) electrons. The van der Waals surface area contributed by atoms with Gasteiger partial charge in [-0.2, -0.15) is 0 Å². The Balaban J connectivity index is 1.25. The van der Waals surface area contributed by atoms with Crippen LogP contribution >= 0.6 is 0 Å². The molecule has 0 saturated carbocycles. The summed E-state index contributed by atoms with van der Waals surface area (Å²) in [7, 11) is 0. The molecule has 0 amide bonds. The second kappa shape index (κ2) is 13.7. The van der Waals surface area contributed by atoms with Gasteiger partial charge >= 0.3 is 0 Å². The monoisotopic (exact) mass is 528 g/mol. The molecule has 0 bridgehead atoms. The minimum atomic E-state index is -0.188. The Hall–Kier alpha value is -4.00. The number of hydrogen-bond acceptors (Lipinski definition) is 6. The molecule has 2 N–H and O–H groups in total. The number of benzene rings is 4. The van der Waals surface area contributed by atoms with Crippen LogP contribution < -0.4 is 18.9 Å². The molecule has 0 atom stereocenters. The van der Waals surface area contributed by atoms with E-state index in [1.807, 2.05) is 97.1 Å². The van der Waals surface area contributed by atoms with E-state index in [1.54, 1.807) is 0 Å². The van der Waals surface area contributed by atoms with Gasteiger partial charge in [0.25, 0.3) is 0 Å². The van der Waals surface area contributed by atoms with Crippen LogP contribution in [-0.4, -0.2) is 49.9 Å². The molecule has 0 unspecified atom stereocenters. The number of aliphatic hydroxyl groups is 2. The first-order valence-corrected chi connectivity index (χ1v) is 13.1. The van der Waals surface area contributed by atoms with Crippen LogP contribution in [0, 0.1) is 5.41 Å². The largest absolute Gasteiger partial charge is 0.493 e. The molecule has 0 heterocycles. The maximum Gasteiger partial charge on any atom is 0.119 e. The first kappa shape index (κ1) is 28.0. The lowest BCUT2D eigenvalue weighted by Crippen LogP contribution is -2.28. The standard InChI is InChI=1S/C33H36O6/c1-33(2,23-38-31-15-7-27(8-16-31)25-3-11-29(12-4-25)36-21-19-34)24-39-32-17-9-28(10-18-32)26-5-13-30(14-6-26)37-22-20-35/h3-18,34-35H,19-24H2,1-2H3. The molecule has 4 aromatic rings. The number of ether oxygens (including phenoxy) is 4. The van der Waals surface area contributed by atoms with E-state index < -0.39 is 0 Å². The minimum Gasteiger partial charge on any atom is -0.493 e. The summed E-state index contributed by atoms with van der Waals surface area (Å²) in [5.41, 5.74) is 4.16. The van der Waals surface area contributed by atoms with Crippen LogP contribution in [0.4, 0.5) is 0 Å². The van der Waals surface area contributed by atoms with E-state index in [0.29, 0.717) is 13.2 Å². The molecule has 0 aromatic heterocycles. The Kier molecular flexibility index (Phi) is 9.84. The van der Waals surface area contributed by atoms with E-state index in [1.165, 1.54) is 0 Å². The predicted octanol–water partition coefficient (Wildman–Crippen LogP) is 6.25. The Labute approximate surface area is 230 Å². The normalized spacial score (nSPS) is 11.2. The van der Waals surface area contributed by atoms with Crippen molar-refractivity contribution >= 4 is 0 Å². The van der Waals surface area contributed by atoms with Crippen molar-refractivity contribution in [3.05, 3.63) is 97.1 Å². The van der Waals surface area contributed by atoms with E-state index in [0.717, 1.165) is 45.3 Å². The van der Waals surface area contributed by atoms with Gasteiger partial charge in [-0.1, -0.05) is 62.4 Å². The maximum absolute atomic E-state index is 8.88. The molecule has 0 fully saturated rings. The van der Waals surface area contributed by atoms with Crippen LogP contribution in [0.3, 0.4) is 0 Å². The van der Waals surface area contributed by atoms with Crippen LogP contribution in [0.15, 0.2) is 97.1 Å². The summed E-state index contributed by atoms with van der Waals surface area (Å²) in [6, 6.07) is 31.7. The molecule has 4 aromatic carbocycles. The second-order valence-electron chi connectivity index (χ2n) is 9.98. The topological polar surface area (TPSA) is 77.4 Å². The van der Waals surface area contributed by atoms with Gasteiger partial charge in [0.15, 0.2) is 0 Å². The van der Waals surface area contributed by atoms with Gasteiger partial charge in [-0.3, -0.25) is 0 Å². The third kappa shape index (κ3) is 8.50. The Morgan fingerprint density at radius 2 is 0.692 bits per heavy atom. The van der Waals surface area contributed by atoms with Gasteiger partial charge in [0.05, 0.1) is 26.4 Å². The molecule has 4 rings (SSSR count). The van der Waals surface area contributed by atoms with Crippen molar-refractivity contribution in [3.8, 4) is 45.3 Å². The first-order valence-electron chi connectivity index (χ1n) is 13.1. The smallest absolute Gasteiger partial charge is 0.119 e. The van der Waals surface area contributed by atoms with Crippen LogP contribution in [-0.2, 0) is 0 Å². The van der Waals surface area contributed by atoms with Gasteiger partial charge in [-0.25, -0.2) is 0 Å². The molecule has 0 saturated heterocycles. The second-order valence-corrected chi connectivity index (χ2v) is 9.98. The summed E-state index contributed by atoms with van der Waals surface area (Å²) in [6.07, 6.45) is 0. The van der Waals surface area contributed by atoms with Gasteiger partial charge in [0.2, 0.25) is 0 Å². The predicted molar refractivity (Wildman–Crippen MR) is 154 cm³/mol. The zero-order chi connectivity index (χ0) is 27.5. The molecule has 0 aliphatic rings. The summed E-state index contributed by atoms with van der Waals surface area (Å²) in [5, 5.41) is 17.8. The fourth-order valence-electron chi connectivity index (χ4n) is 3.90. The van der Waals surface area contributed by atoms with Crippen LogP contribution in [0.25, 0.3) is 22.3 Å². The minimum absolute atomic E-state index is 0.000429. The molecule has 39 heavy (non-hydrogen) atoms.